The van der Waals surface area contributed by atoms with Crippen LogP contribution in [0.15, 0.2) is 42.6 Å². The van der Waals surface area contributed by atoms with Gasteiger partial charge in [-0.1, -0.05) is 24.3 Å². The minimum atomic E-state index is -0.323. The number of nitrogen functional groups attached to an aromatic ring is 1. The molecule has 0 saturated heterocycles. The largest absolute Gasteiger partial charge is 0.290 e. The third-order valence-electron chi connectivity index (χ3n) is 2.99. The predicted molar refractivity (Wildman–Crippen MR) is 82.1 cm³/mol. The molecule has 0 unspecified atom stereocenters. The van der Waals surface area contributed by atoms with Gasteiger partial charge in [-0.15, -0.1) is 0 Å². The van der Waals surface area contributed by atoms with Gasteiger partial charge in [0.05, 0.1) is 11.3 Å². The van der Waals surface area contributed by atoms with Crippen LogP contribution in [0.25, 0.3) is 0 Å². The molecule has 104 valence electrons. The molecule has 1 amide bonds. The number of rotatable bonds is 5. The van der Waals surface area contributed by atoms with Crippen molar-refractivity contribution in [3.8, 4) is 0 Å². The number of benzene rings is 1. The SMILES string of the molecule is Cc1ccccc1CSCc1ccc(C(=O)NN)cn1. The van der Waals surface area contributed by atoms with Gasteiger partial charge in [-0.3, -0.25) is 15.2 Å². The zero-order valence-electron chi connectivity index (χ0n) is 11.3. The van der Waals surface area contributed by atoms with E-state index in [0.717, 1.165) is 17.2 Å². The Morgan fingerprint density at radius 2 is 2.05 bits per heavy atom. The Balaban J connectivity index is 1.88. The Bertz CT molecular complexity index is 584. The van der Waals surface area contributed by atoms with Crippen molar-refractivity contribution < 1.29 is 4.79 Å². The standard InChI is InChI=1S/C15H17N3OS/c1-11-4-2-3-5-13(11)9-20-10-14-7-6-12(8-17-14)15(19)18-16/h2-8H,9-10,16H2,1H3,(H,18,19). The summed E-state index contributed by atoms with van der Waals surface area (Å²) >= 11 is 1.81. The molecular weight excluding hydrogens is 270 g/mol. The van der Waals surface area contributed by atoms with Crippen molar-refractivity contribution in [3.05, 3.63) is 65.0 Å². The van der Waals surface area contributed by atoms with Gasteiger partial charge in [-0.25, -0.2) is 5.84 Å². The topological polar surface area (TPSA) is 68.0 Å². The number of hydrogen-bond acceptors (Lipinski definition) is 4. The first-order valence-corrected chi connectivity index (χ1v) is 7.44. The monoisotopic (exact) mass is 287 g/mol. The molecule has 0 spiro atoms. The van der Waals surface area contributed by atoms with Gasteiger partial charge in [0.2, 0.25) is 0 Å². The van der Waals surface area contributed by atoms with Crippen molar-refractivity contribution >= 4 is 17.7 Å². The molecule has 4 nitrogen and oxygen atoms in total. The molecule has 2 rings (SSSR count). The van der Waals surface area contributed by atoms with E-state index in [1.165, 1.54) is 11.1 Å². The predicted octanol–water partition coefficient (Wildman–Crippen LogP) is 2.43. The maximum Gasteiger partial charge on any atom is 0.266 e. The Morgan fingerprint density at radius 1 is 1.25 bits per heavy atom. The lowest BCUT2D eigenvalue weighted by Gasteiger charge is -2.05. The first-order valence-electron chi connectivity index (χ1n) is 6.29. The van der Waals surface area contributed by atoms with Gasteiger partial charge in [-0.2, -0.15) is 11.8 Å². The second kappa shape index (κ2) is 7.07. The summed E-state index contributed by atoms with van der Waals surface area (Å²) in [6, 6.07) is 12.0. The number of thioether (sulfide) groups is 1. The molecule has 3 N–H and O–H groups in total. The Kier molecular flexibility index (Phi) is 5.15. The number of hydrazine groups is 1. The summed E-state index contributed by atoms with van der Waals surface area (Å²) in [5.74, 6) is 6.52. The minimum Gasteiger partial charge on any atom is -0.290 e. The highest BCUT2D eigenvalue weighted by atomic mass is 32.2. The van der Waals surface area contributed by atoms with Gasteiger partial charge in [0.15, 0.2) is 0 Å². The van der Waals surface area contributed by atoms with Crippen molar-refractivity contribution in [2.45, 2.75) is 18.4 Å². The summed E-state index contributed by atoms with van der Waals surface area (Å²) in [4.78, 5) is 15.5. The van der Waals surface area contributed by atoms with E-state index in [-0.39, 0.29) is 5.91 Å². The van der Waals surface area contributed by atoms with Gasteiger partial charge in [0, 0.05) is 17.7 Å². The fourth-order valence-corrected chi connectivity index (χ4v) is 2.79. The number of amides is 1. The van der Waals surface area contributed by atoms with E-state index in [0.29, 0.717) is 5.56 Å². The minimum absolute atomic E-state index is 0.323. The van der Waals surface area contributed by atoms with Crippen LogP contribution in [0.3, 0.4) is 0 Å². The molecule has 20 heavy (non-hydrogen) atoms. The summed E-state index contributed by atoms with van der Waals surface area (Å²) in [5, 5.41) is 0. The highest BCUT2D eigenvalue weighted by Crippen LogP contribution is 2.19. The van der Waals surface area contributed by atoms with Crippen LogP contribution in [0.4, 0.5) is 0 Å². The lowest BCUT2D eigenvalue weighted by Crippen LogP contribution is -2.30. The third-order valence-corrected chi connectivity index (χ3v) is 4.00. The van der Waals surface area contributed by atoms with E-state index >= 15 is 0 Å². The van der Waals surface area contributed by atoms with Gasteiger partial charge < -0.3 is 0 Å². The Hall–Kier alpha value is -1.85. The molecule has 0 bridgehead atoms. The maximum atomic E-state index is 11.3. The highest BCUT2D eigenvalue weighted by molar-refractivity contribution is 7.97. The number of nitrogens with two attached hydrogens (primary N) is 1. The molecule has 0 aliphatic rings. The van der Waals surface area contributed by atoms with Crippen LogP contribution in [-0.2, 0) is 11.5 Å². The summed E-state index contributed by atoms with van der Waals surface area (Å²) < 4.78 is 0. The second-order valence-corrected chi connectivity index (χ2v) is 5.42. The van der Waals surface area contributed by atoms with E-state index in [9.17, 15) is 4.79 Å². The Morgan fingerprint density at radius 3 is 2.70 bits per heavy atom. The molecular formula is C15H17N3OS. The molecule has 0 aliphatic heterocycles. The summed E-state index contributed by atoms with van der Waals surface area (Å²) in [6.07, 6.45) is 1.55. The Labute approximate surface area is 122 Å². The fourth-order valence-electron chi connectivity index (χ4n) is 1.77. The molecule has 1 aromatic carbocycles. The van der Waals surface area contributed by atoms with Crippen LogP contribution in [0.1, 0.15) is 27.2 Å². The van der Waals surface area contributed by atoms with Crippen LogP contribution < -0.4 is 11.3 Å². The highest BCUT2D eigenvalue weighted by Gasteiger charge is 2.04. The van der Waals surface area contributed by atoms with Crippen LogP contribution in [0.5, 0.6) is 0 Å². The number of carbonyl (C=O) groups excluding carboxylic acids is 1. The molecule has 0 atom stereocenters. The van der Waals surface area contributed by atoms with E-state index in [1.54, 1.807) is 24.0 Å². The lowest BCUT2D eigenvalue weighted by molar-refractivity contribution is 0.0953. The fraction of sp³-hybridized carbons (Fsp3) is 0.200. The quantitative estimate of drug-likeness (QED) is 0.503. The average molecular weight is 287 g/mol. The van der Waals surface area contributed by atoms with Crippen molar-refractivity contribution in [3.63, 3.8) is 0 Å². The van der Waals surface area contributed by atoms with Gasteiger partial charge in [0.25, 0.3) is 5.91 Å². The van der Waals surface area contributed by atoms with Gasteiger partial charge in [0.1, 0.15) is 0 Å². The van der Waals surface area contributed by atoms with Gasteiger partial charge >= 0.3 is 0 Å². The summed E-state index contributed by atoms with van der Waals surface area (Å²) in [7, 11) is 0. The number of aromatic nitrogens is 1. The smallest absolute Gasteiger partial charge is 0.266 e. The van der Waals surface area contributed by atoms with Gasteiger partial charge in [-0.05, 0) is 30.2 Å². The normalized spacial score (nSPS) is 10.3. The van der Waals surface area contributed by atoms with E-state index in [4.69, 9.17) is 5.84 Å². The number of aryl methyl sites for hydroxylation is 1. The first kappa shape index (κ1) is 14.6. The lowest BCUT2D eigenvalue weighted by atomic mass is 10.1. The number of nitrogens with one attached hydrogen (secondary N) is 1. The van der Waals surface area contributed by atoms with Crippen LogP contribution in [0.2, 0.25) is 0 Å². The molecule has 0 radical (unpaired) electrons. The van der Waals surface area contributed by atoms with Crippen LogP contribution in [-0.4, -0.2) is 10.9 Å². The van der Waals surface area contributed by atoms with Crippen molar-refractivity contribution in [1.82, 2.24) is 10.4 Å². The van der Waals surface area contributed by atoms with Crippen molar-refractivity contribution in [2.75, 3.05) is 0 Å². The number of carbonyl (C=O) groups is 1. The van der Waals surface area contributed by atoms with E-state index in [1.807, 2.05) is 12.1 Å². The molecule has 2 aromatic rings. The number of nitrogens with zero attached hydrogens (tertiary/aromatic N) is 1. The molecule has 0 fully saturated rings. The first-order chi connectivity index (χ1) is 9.70. The number of hydrogen-bond donors (Lipinski definition) is 2. The van der Waals surface area contributed by atoms with E-state index in [2.05, 4.69) is 35.5 Å². The molecule has 1 aromatic heterocycles. The zero-order chi connectivity index (χ0) is 14.4. The molecule has 5 heteroatoms. The van der Waals surface area contributed by atoms with Crippen molar-refractivity contribution in [1.29, 1.82) is 0 Å². The molecule has 1 heterocycles. The van der Waals surface area contributed by atoms with Crippen LogP contribution in [0, 0.1) is 6.92 Å². The van der Waals surface area contributed by atoms with E-state index < -0.39 is 0 Å². The molecule has 0 aliphatic carbocycles. The second-order valence-electron chi connectivity index (χ2n) is 4.43. The zero-order valence-corrected chi connectivity index (χ0v) is 12.1. The summed E-state index contributed by atoms with van der Waals surface area (Å²) in [5.41, 5.74) is 6.17. The average Bonchev–Trinajstić information content (AvgIpc) is 2.49. The maximum absolute atomic E-state index is 11.3. The molecule has 0 saturated carbocycles. The number of pyridine rings is 1. The summed E-state index contributed by atoms with van der Waals surface area (Å²) in [6.45, 7) is 2.12. The third kappa shape index (κ3) is 3.82. The van der Waals surface area contributed by atoms with Crippen molar-refractivity contribution in [2.24, 2.45) is 5.84 Å². The van der Waals surface area contributed by atoms with Crippen LogP contribution >= 0.6 is 11.8 Å².